The normalized spacial score (nSPS) is 34.8. The largest absolute Gasteiger partial charge is 0.296 e. The lowest BCUT2D eigenvalue weighted by atomic mass is 9.79. The van der Waals surface area contributed by atoms with Crippen LogP contribution in [0.15, 0.2) is 12.2 Å². The van der Waals surface area contributed by atoms with Gasteiger partial charge in [-0.1, -0.05) is 12.2 Å². The molecule has 1 aliphatic carbocycles. The van der Waals surface area contributed by atoms with Gasteiger partial charge in [0.05, 0.1) is 11.8 Å². The number of hydrogen-bond donors (Lipinski definition) is 1. The van der Waals surface area contributed by atoms with Crippen LogP contribution in [0.5, 0.6) is 0 Å². The molecular weight excluding hydrogens is 154 g/mol. The maximum absolute atomic E-state index is 11.2. The zero-order valence-corrected chi connectivity index (χ0v) is 6.80. The van der Waals surface area contributed by atoms with Crippen LogP contribution >= 0.6 is 0 Å². The van der Waals surface area contributed by atoms with E-state index in [0.717, 1.165) is 18.4 Å². The minimum Gasteiger partial charge on any atom is -0.296 e. The van der Waals surface area contributed by atoms with Gasteiger partial charge in [-0.3, -0.25) is 14.9 Å². The lowest BCUT2D eigenvalue weighted by Gasteiger charge is -2.22. The second-order valence-corrected chi connectivity index (χ2v) is 3.56. The number of nitrogens with one attached hydrogen (secondary N) is 1. The third-order valence-corrected chi connectivity index (χ3v) is 2.72. The lowest BCUT2D eigenvalue weighted by Crippen LogP contribution is -2.22. The number of amides is 2. The Morgan fingerprint density at radius 2 is 1.92 bits per heavy atom. The van der Waals surface area contributed by atoms with Crippen LogP contribution in [-0.4, -0.2) is 11.8 Å². The van der Waals surface area contributed by atoms with Crippen LogP contribution in [-0.2, 0) is 9.59 Å². The maximum atomic E-state index is 11.2. The number of carbonyl (C=O) groups is 2. The van der Waals surface area contributed by atoms with Crippen molar-refractivity contribution in [3.8, 4) is 0 Å². The number of hydrogen-bond acceptors (Lipinski definition) is 2. The molecule has 2 unspecified atom stereocenters. The Labute approximate surface area is 70.8 Å². The highest BCUT2D eigenvalue weighted by Crippen LogP contribution is 2.35. The molecule has 0 spiro atoms. The molecule has 64 valence electrons. The fourth-order valence-electron chi connectivity index (χ4n) is 2.01. The fourth-order valence-corrected chi connectivity index (χ4v) is 2.01. The molecule has 2 amide bonds. The van der Waals surface area contributed by atoms with Gasteiger partial charge in [0, 0.05) is 0 Å². The van der Waals surface area contributed by atoms with E-state index in [1.807, 2.05) is 0 Å². The van der Waals surface area contributed by atoms with Gasteiger partial charge in [0.15, 0.2) is 0 Å². The fraction of sp³-hybridized carbons (Fsp3) is 0.556. The van der Waals surface area contributed by atoms with Gasteiger partial charge in [-0.15, -0.1) is 0 Å². The number of rotatable bonds is 0. The molecule has 3 nitrogen and oxygen atoms in total. The Morgan fingerprint density at radius 1 is 1.25 bits per heavy atom. The van der Waals surface area contributed by atoms with Crippen molar-refractivity contribution < 1.29 is 9.59 Å². The number of fused-ring (bicyclic) bond motifs is 1. The molecule has 1 aliphatic heterocycles. The Hall–Kier alpha value is -1.12. The van der Waals surface area contributed by atoms with Crippen molar-refractivity contribution in [2.75, 3.05) is 0 Å². The van der Waals surface area contributed by atoms with Gasteiger partial charge in [-0.2, -0.15) is 0 Å². The van der Waals surface area contributed by atoms with Gasteiger partial charge in [0.2, 0.25) is 11.8 Å². The van der Waals surface area contributed by atoms with E-state index in [-0.39, 0.29) is 23.7 Å². The predicted molar refractivity (Wildman–Crippen MR) is 43.1 cm³/mol. The third kappa shape index (κ3) is 0.967. The summed E-state index contributed by atoms with van der Waals surface area (Å²) in [4.78, 5) is 22.4. The summed E-state index contributed by atoms with van der Waals surface area (Å²) in [6.45, 7) is 3.84. The highest BCUT2D eigenvalue weighted by atomic mass is 16.2. The number of carbonyl (C=O) groups excluding carboxylic acids is 2. The van der Waals surface area contributed by atoms with E-state index in [4.69, 9.17) is 0 Å². The molecule has 3 heteroatoms. The standard InChI is InChI=1S/C9H11NO2/c1-5-2-3-6-7(4-5)9(12)10-8(6)11/h6-7H,1-4H2,(H,10,11,12). The van der Waals surface area contributed by atoms with Crippen molar-refractivity contribution in [1.82, 2.24) is 5.32 Å². The SMILES string of the molecule is C=C1CCC2C(=O)NC(=O)C2C1. The van der Waals surface area contributed by atoms with E-state index in [9.17, 15) is 9.59 Å². The first-order chi connectivity index (χ1) is 5.68. The van der Waals surface area contributed by atoms with E-state index in [1.54, 1.807) is 0 Å². The van der Waals surface area contributed by atoms with Crippen LogP contribution in [0.3, 0.4) is 0 Å². The monoisotopic (exact) mass is 165 g/mol. The Bertz CT molecular complexity index is 270. The van der Waals surface area contributed by atoms with E-state index in [2.05, 4.69) is 11.9 Å². The average Bonchev–Trinajstić information content (AvgIpc) is 2.28. The third-order valence-electron chi connectivity index (χ3n) is 2.72. The van der Waals surface area contributed by atoms with Gasteiger partial charge in [-0.05, 0) is 19.3 Å². The van der Waals surface area contributed by atoms with Gasteiger partial charge >= 0.3 is 0 Å². The van der Waals surface area contributed by atoms with Gasteiger partial charge in [0.1, 0.15) is 0 Å². The summed E-state index contributed by atoms with van der Waals surface area (Å²) in [5.74, 6) is -0.370. The summed E-state index contributed by atoms with van der Waals surface area (Å²) in [7, 11) is 0. The molecule has 1 saturated heterocycles. The molecule has 0 radical (unpaired) electrons. The van der Waals surface area contributed by atoms with Crippen LogP contribution in [0, 0.1) is 11.8 Å². The molecule has 0 aromatic carbocycles. The first-order valence-corrected chi connectivity index (χ1v) is 4.20. The minimum absolute atomic E-state index is 0.0667. The molecule has 2 aliphatic rings. The molecule has 1 N–H and O–H groups in total. The highest BCUT2D eigenvalue weighted by molar-refractivity contribution is 6.05. The van der Waals surface area contributed by atoms with Gasteiger partial charge in [-0.25, -0.2) is 0 Å². The molecular formula is C9H11NO2. The lowest BCUT2D eigenvalue weighted by molar-refractivity contribution is -0.126. The zero-order valence-electron chi connectivity index (χ0n) is 6.80. The van der Waals surface area contributed by atoms with E-state index >= 15 is 0 Å². The first-order valence-electron chi connectivity index (χ1n) is 4.20. The summed E-state index contributed by atoms with van der Waals surface area (Å²) in [5, 5.41) is 2.36. The first kappa shape index (κ1) is 7.53. The molecule has 12 heavy (non-hydrogen) atoms. The Kier molecular flexibility index (Phi) is 1.53. The van der Waals surface area contributed by atoms with Crippen molar-refractivity contribution in [2.45, 2.75) is 19.3 Å². The van der Waals surface area contributed by atoms with E-state index in [0.29, 0.717) is 6.42 Å². The molecule has 2 atom stereocenters. The highest BCUT2D eigenvalue weighted by Gasteiger charge is 2.43. The smallest absolute Gasteiger partial charge is 0.230 e. The topological polar surface area (TPSA) is 46.2 Å². The number of allylic oxidation sites excluding steroid dienone is 1. The van der Waals surface area contributed by atoms with E-state index < -0.39 is 0 Å². The maximum Gasteiger partial charge on any atom is 0.230 e. The Balaban J connectivity index is 2.22. The van der Waals surface area contributed by atoms with Crippen molar-refractivity contribution in [3.05, 3.63) is 12.2 Å². The molecule has 2 rings (SSSR count). The Morgan fingerprint density at radius 3 is 2.67 bits per heavy atom. The van der Waals surface area contributed by atoms with Crippen molar-refractivity contribution in [1.29, 1.82) is 0 Å². The van der Waals surface area contributed by atoms with Crippen LogP contribution in [0.2, 0.25) is 0 Å². The summed E-state index contributed by atoms with van der Waals surface area (Å²) in [6, 6.07) is 0. The average molecular weight is 165 g/mol. The predicted octanol–water partition coefficient (Wildman–Crippen LogP) is 0.615. The summed E-state index contributed by atoms with van der Waals surface area (Å²) in [6.07, 6.45) is 2.38. The van der Waals surface area contributed by atoms with Crippen LogP contribution in [0.1, 0.15) is 19.3 Å². The van der Waals surface area contributed by atoms with Crippen molar-refractivity contribution >= 4 is 11.8 Å². The van der Waals surface area contributed by atoms with E-state index in [1.165, 1.54) is 0 Å². The van der Waals surface area contributed by atoms with Crippen LogP contribution in [0.25, 0.3) is 0 Å². The van der Waals surface area contributed by atoms with Crippen molar-refractivity contribution in [3.63, 3.8) is 0 Å². The van der Waals surface area contributed by atoms with Crippen LogP contribution in [0.4, 0.5) is 0 Å². The molecule has 1 heterocycles. The van der Waals surface area contributed by atoms with Crippen LogP contribution < -0.4 is 5.32 Å². The zero-order chi connectivity index (χ0) is 8.72. The molecule has 0 aromatic rings. The second-order valence-electron chi connectivity index (χ2n) is 3.56. The molecule has 2 fully saturated rings. The van der Waals surface area contributed by atoms with Gasteiger partial charge < -0.3 is 0 Å². The quantitative estimate of drug-likeness (QED) is 0.422. The van der Waals surface area contributed by atoms with Crippen molar-refractivity contribution in [2.24, 2.45) is 11.8 Å². The van der Waals surface area contributed by atoms with Gasteiger partial charge in [0.25, 0.3) is 0 Å². The molecule has 1 saturated carbocycles. The minimum atomic E-state index is -0.112. The summed E-state index contributed by atoms with van der Waals surface area (Å²) in [5.41, 5.74) is 1.10. The summed E-state index contributed by atoms with van der Waals surface area (Å²) >= 11 is 0. The molecule has 0 aromatic heterocycles. The number of imide groups is 1. The molecule has 0 bridgehead atoms. The summed E-state index contributed by atoms with van der Waals surface area (Å²) < 4.78 is 0. The second kappa shape index (κ2) is 2.44.